The number of methoxy groups -OCH3 is 4. The van der Waals surface area contributed by atoms with Gasteiger partial charge in [-0.15, -0.1) is 0 Å². The van der Waals surface area contributed by atoms with Gasteiger partial charge in [0.15, 0.2) is 11.5 Å². The maximum Gasteiger partial charge on any atom is 0.242 e. The fourth-order valence-electron chi connectivity index (χ4n) is 6.09. The van der Waals surface area contributed by atoms with E-state index < -0.39 is 12.1 Å². The van der Waals surface area contributed by atoms with Crippen molar-refractivity contribution < 1.29 is 28.5 Å². The molecule has 0 saturated heterocycles. The van der Waals surface area contributed by atoms with Gasteiger partial charge in [-0.2, -0.15) is 0 Å². The van der Waals surface area contributed by atoms with Crippen LogP contribution in [0.25, 0.3) is 22.0 Å². The molecule has 0 saturated carbocycles. The van der Waals surface area contributed by atoms with Gasteiger partial charge in [-0.3, -0.25) is 14.4 Å². The predicted octanol–water partition coefficient (Wildman–Crippen LogP) is 4.51. The van der Waals surface area contributed by atoms with Crippen LogP contribution < -0.4 is 40.3 Å². The van der Waals surface area contributed by atoms with E-state index in [9.17, 15) is 14.4 Å². The maximum atomic E-state index is 13.6. The predicted molar refractivity (Wildman–Crippen MR) is 177 cm³/mol. The monoisotopic (exact) mass is 628 g/mol. The molecule has 2 amide bonds. The lowest BCUT2D eigenvalue weighted by Crippen LogP contribution is -2.39. The number of ether oxygens (including phenoxy) is 4. The Labute approximate surface area is 267 Å². The summed E-state index contributed by atoms with van der Waals surface area (Å²) in [6.07, 6.45) is 3.69. The van der Waals surface area contributed by atoms with Gasteiger partial charge in [0.05, 0.1) is 40.2 Å². The van der Waals surface area contributed by atoms with E-state index in [1.165, 1.54) is 20.1 Å². The van der Waals surface area contributed by atoms with Crippen molar-refractivity contribution >= 4 is 28.4 Å². The molecule has 0 radical (unpaired) electrons. The summed E-state index contributed by atoms with van der Waals surface area (Å²) in [6.45, 7) is 3.57. The second-order valence-electron chi connectivity index (χ2n) is 11.2. The van der Waals surface area contributed by atoms with Crippen molar-refractivity contribution in [1.82, 2.24) is 15.6 Å². The van der Waals surface area contributed by atoms with Crippen molar-refractivity contribution in [2.75, 3.05) is 40.3 Å². The van der Waals surface area contributed by atoms with Crippen LogP contribution in [0, 0.1) is 0 Å². The van der Waals surface area contributed by atoms with E-state index in [2.05, 4.69) is 20.9 Å². The molecular weight excluding hydrogens is 588 g/mol. The second-order valence-corrected chi connectivity index (χ2v) is 11.2. The molecule has 1 aliphatic carbocycles. The highest BCUT2D eigenvalue weighted by molar-refractivity contribution is 5.87. The van der Waals surface area contributed by atoms with E-state index in [0.29, 0.717) is 54.2 Å². The summed E-state index contributed by atoms with van der Waals surface area (Å²) in [5, 5.41) is 10.1. The van der Waals surface area contributed by atoms with E-state index in [0.717, 1.165) is 33.3 Å². The average molecular weight is 629 g/mol. The number of aryl methyl sites for hydroxylation is 1. The fraction of sp³-hybridized carbons (Fsp3) is 0.343. The third-order valence-corrected chi connectivity index (χ3v) is 8.35. The number of rotatable bonds is 11. The van der Waals surface area contributed by atoms with Gasteiger partial charge in [0.2, 0.25) is 23.0 Å². The first kappa shape index (κ1) is 32.2. The van der Waals surface area contributed by atoms with Crippen LogP contribution in [0.4, 0.5) is 5.69 Å². The molecule has 4 aromatic rings. The van der Waals surface area contributed by atoms with Crippen molar-refractivity contribution in [3.8, 4) is 34.1 Å². The fourth-order valence-corrected chi connectivity index (χ4v) is 6.09. The molecule has 2 atom stereocenters. The molecule has 1 heterocycles. The number of aromatic amines is 1. The average Bonchev–Trinajstić information content (AvgIpc) is 3.31. The molecule has 4 N–H and O–H groups in total. The second kappa shape index (κ2) is 13.8. The Kier molecular flexibility index (Phi) is 9.69. The van der Waals surface area contributed by atoms with Crippen molar-refractivity contribution in [1.29, 1.82) is 0 Å². The first-order chi connectivity index (χ1) is 22.2. The zero-order valence-electron chi connectivity index (χ0n) is 27.0. The molecule has 1 aliphatic rings. The molecule has 0 unspecified atom stereocenters. The van der Waals surface area contributed by atoms with Crippen LogP contribution in [0.3, 0.4) is 0 Å². The molecule has 5 rings (SSSR count). The summed E-state index contributed by atoms with van der Waals surface area (Å²) in [6, 6.07) is 11.6. The van der Waals surface area contributed by atoms with Crippen LogP contribution in [0.1, 0.15) is 43.0 Å². The molecule has 0 spiro atoms. The van der Waals surface area contributed by atoms with Crippen molar-refractivity contribution in [3.63, 3.8) is 0 Å². The molecule has 11 heteroatoms. The highest BCUT2D eigenvalue weighted by Crippen LogP contribution is 2.50. The van der Waals surface area contributed by atoms with Gasteiger partial charge in [-0.25, -0.2) is 0 Å². The van der Waals surface area contributed by atoms with E-state index >= 15 is 0 Å². The zero-order chi connectivity index (χ0) is 33.0. The number of anilines is 1. The van der Waals surface area contributed by atoms with E-state index in [1.807, 2.05) is 36.5 Å². The number of hydrogen-bond donors (Lipinski definition) is 4. The normalized spacial score (nSPS) is 14.3. The molecule has 0 aliphatic heterocycles. The van der Waals surface area contributed by atoms with Crippen LogP contribution in [-0.4, -0.2) is 57.8 Å². The highest BCUT2D eigenvalue weighted by Gasteiger charge is 2.29. The largest absolute Gasteiger partial charge is 0.497 e. The number of carbonyl (C=O) groups excluding carboxylic acids is 2. The molecule has 0 fully saturated rings. The van der Waals surface area contributed by atoms with Crippen LogP contribution in [0.15, 0.2) is 53.5 Å². The number of benzene rings is 2. The highest BCUT2D eigenvalue weighted by atomic mass is 16.5. The summed E-state index contributed by atoms with van der Waals surface area (Å²) in [5.74, 6) is 1.73. The van der Waals surface area contributed by atoms with Crippen molar-refractivity contribution in [2.45, 2.75) is 45.2 Å². The van der Waals surface area contributed by atoms with E-state index in [-0.39, 0.29) is 22.9 Å². The Hall–Kier alpha value is -5.19. The molecule has 46 heavy (non-hydrogen) atoms. The summed E-state index contributed by atoms with van der Waals surface area (Å²) >= 11 is 0. The number of aromatic nitrogens is 1. The molecule has 242 valence electrons. The SMILES string of the molecule is COc1ccc2[nH]cc(CCNC(=O)[C@@H](C)Nc3ccc4c(cc3=O)[C@@H](NC(C)=O)CCc3cc(OC)c(OC)c(OC)c3-4)c2c1. The number of carbonyl (C=O) groups is 2. The topological polar surface area (TPSA) is 140 Å². The lowest BCUT2D eigenvalue weighted by atomic mass is 9.95. The number of fused-ring (bicyclic) bond motifs is 4. The van der Waals surface area contributed by atoms with E-state index in [4.69, 9.17) is 18.9 Å². The Morgan fingerprint density at radius 2 is 1.76 bits per heavy atom. The zero-order valence-corrected chi connectivity index (χ0v) is 27.0. The summed E-state index contributed by atoms with van der Waals surface area (Å²) in [5.41, 5.74) is 5.03. The summed E-state index contributed by atoms with van der Waals surface area (Å²) < 4.78 is 22.4. The number of amides is 2. The van der Waals surface area contributed by atoms with E-state index in [1.54, 1.807) is 34.3 Å². The Balaban J connectivity index is 1.42. The smallest absolute Gasteiger partial charge is 0.242 e. The van der Waals surface area contributed by atoms with Crippen LogP contribution >= 0.6 is 0 Å². The first-order valence-corrected chi connectivity index (χ1v) is 15.1. The lowest BCUT2D eigenvalue weighted by molar-refractivity contribution is -0.121. The minimum absolute atomic E-state index is 0.210. The van der Waals surface area contributed by atoms with Crippen LogP contribution in [-0.2, 0) is 22.4 Å². The third kappa shape index (κ3) is 6.44. The summed E-state index contributed by atoms with van der Waals surface area (Å²) in [4.78, 5) is 42.2. The molecule has 3 aromatic carbocycles. The minimum atomic E-state index is -0.699. The quantitative estimate of drug-likeness (QED) is 0.190. The molecular formula is C35H40N4O7. The van der Waals surface area contributed by atoms with Crippen LogP contribution in [0.2, 0.25) is 0 Å². The number of hydrogen-bond acceptors (Lipinski definition) is 8. The van der Waals surface area contributed by atoms with Gasteiger partial charge in [0, 0.05) is 36.1 Å². The Bertz CT molecular complexity index is 1830. The van der Waals surface area contributed by atoms with Crippen molar-refractivity contribution in [2.24, 2.45) is 0 Å². The van der Waals surface area contributed by atoms with Gasteiger partial charge in [-0.05, 0) is 84.8 Å². The summed E-state index contributed by atoms with van der Waals surface area (Å²) in [7, 11) is 6.28. The minimum Gasteiger partial charge on any atom is -0.497 e. The number of H-pyrrole nitrogens is 1. The van der Waals surface area contributed by atoms with Crippen LogP contribution in [0.5, 0.6) is 23.0 Å². The maximum absolute atomic E-state index is 13.6. The Morgan fingerprint density at radius 1 is 0.978 bits per heavy atom. The van der Waals surface area contributed by atoms with Gasteiger partial charge < -0.3 is 39.9 Å². The van der Waals surface area contributed by atoms with Gasteiger partial charge in [0.1, 0.15) is 11.8 Å². The molecule has 11 nitrogen and oxygen atoms in total. The molecule has 1 aromatic heterocycles. The third-order valence-electron chi connectivity index (χ3n) is 8.35. The number of nitrogens with one attached hydrogen (secondary N) is 4. The van der Waals surface area contributed by atoms with Gasteiger partial charge >= 0.3 is 0 Å². The lowest BCUT2D eigenvalue weighted by Gasteiger charge is -2.19. The molecule has 0 bridgehead atoms. The first-order valence-electron chi connectivity index (χ1n) is 15.1. The Morgan fingerprint density at radius 3 is 2.46 bits per heavy atom. The van der Waals surface area contributed by atoms with Gasteiger partial charge in [0.25, 0.3) is 0 Å². The van der Waals surface area contributed by atoms with Gasteiger partial charge in [-0.1, -0.05) is 6.07 Å². The van der Waals surface area contributed by atoms with Crippen molar-refractivity contribution in [3.05, 3.63) is 75.6 Å². The standard InChI is InChI=1S/C35H40N4O7/c1-19(35(42)36-14-13-22-18-37-27-11-8-23(43-3)16-25(22)27)38-29-12-9-24-26(17-30(29)41)28(39-20(2)40)10-7-21-15-31(44-4)33(45-5)34(46-6)32(21)24/h8-9,11-12,15-19,28,37H,7,10,13-14H2,1-6H3,(H,36,42)(H,38,41)(H,39,40)/t19-,28+/m1/s1.